The Morgan fingerprint density at radius 3 is 2.70 bits per heavy atom. The SMILES string of the molecule is CC(Oc1ccccc1/C=C1/SC(=S)N(c2cccc(O)c2)C1=O)C(=O)O. The van der Waals surface area contributed by atoms with Gasteiger partial charge in [0.2, 0.25) is 0 Å². The van der Waals surface area contributed by atoms with E-state index in [4.69, 9.17) is 22.1 Å². The number of thiocarbonyl (C=S) groups is 1. The predicted octanol–water partition coefficient (Wildman–Crippen LogP) is 3.65. The second-order valence-corrected chi connectivity index (χ2v) is 7.35. The number of rotatable bonds is 5. The van der Waals surface area contributed by atoms with E-state index >= 15 is 0 Å². The maximum absolute atomic E-state index is 12.8. The third-order valence-corrected chi connectivity index (χ3v) is 5.04. The quantitative estimate of drug-likeness (QED) is 0.584. The number of carboxylic acid groups (broad SMARTS) is 1. The molecule has 27 heavy (non-hydrogen) atoms. The van der Waals surface area contributed by atoms with Gasteiger partial charge in [-0.2, -0.15) is 0 Å². The summed E-state index contributed by atoms with van der Waals surface area (Å²) in [5, 5.41) is 18.7. The molecule has 138 valence electrons. The Hall–Kier alpha value is -2.84. The molecule has 6 nitrogen and oxygen atoms in total. The number of carbonyl (C=O) groups is 2. The van der Waals surface area contributed by atoms with Crippen LogP contribution < -0.4 is 9.64 Å². The minimum absolute atomic E-state index is 0.0342. The molecule has 1 saturated heterocycles. The Morgan fingerprint density at radius 2 is 2.00 bits per heavy atom. The molecular weight excluding hydrogens is 386 g/mol. The lowest BCUT2D eigenvalue weighted by Gasteiger charge is -2.14. The Morgan fingerprint density at radius 1 is 1.26 bits per heavy atom. The fraction of sp³-hybridized carbons (Fsp3) is 0.105. The van der Waals surface area contributed by atoms with E-state index in [1.165, 1.54) is 24.0 Å². The van der Waals surface area contributed by atoms with Crippen molar-refractivity contribution >= 4 is 51.9 Å². The van der Waals surface area contributed by atoms with E-state index in [9.17, 15) is 14.7 Å². The fourth-order valence-corrected chi connectivity index (χ4v) is 3.70. The van der Waals surface area contributed by atoms with Crippen LogP contribution >= 0.6 is 24.0 Å². The van der Waals surface area contributed by atoms with E-state index < -0.39 is 12.1 Å². The first-order chi connectivity index (χ1) is 12.9. The van der Waals surface area contributed by atoms with Crippen molar-refractivity contribution in [1.29, 1.82) is 0 Å². The minimum Gasteiger partial charge on any atom is -0.508 e. The van der Waals surface area contributed by atoms with Gasteiger partial charge < -0.3 is 14.9 Å². The Kier molecular flexibility index (Phi) is 5.48. The molecular formula is C19H15NO5S2. The topological polar surface area (TPSA) is 87.1 Å². The molecule has 1 aliphatic heterocycles. The number of aliphatic carboxylic acids is 1. The number of benzene rings is 2. The molecule has 1 atom stereocenters. The molecule has 1 amide bonds. The molecule has 3 rings (SSSR count). The number of carboxylic acids is 1. The molecule has 2 aromatic rings. The zero-order valence-corrected chi connectivity index (χ0v) is 15.8. The van der Waals surface area contributed by atoms with Gasteiger partial charge in [-0.25, -0.2) is 4.79 Å². The summed E-state index contributed by atoms with van der Waals surface area (Å²) < 4.78 is 5.80. The highest BCUT2D eigenvalue weighted by molar-refractivity contribution is 8.27. The summed E-state index contributed by atoms with van der Waals surface area (Å²) in [6.07, 6.45) is 0.591. The standard InChI is InChI=1S/C19H15NO5S2/c1-11(18(23)24)25-15-8-3-2-5-12(15)9-16-17(22)20(19(26)27-16)13-6-4-7-14(21)10-13/h2-11,21H,1H3,(H,23,24)/b16-9+. The number of aromatic hydroxyl groups is 1. The maximum atomic E-state index is 12.8. The molecule has 2 aromatic carbocycles. The summed E-state index contributed by atoms with van der Waals surface area (Å²) in [4.78, 5) is 25.6. The molecule has 0 radical (unpaired) electrons. The summed E-state index contributed by atoms with van der Waals surface area (Å²) in [5.74, 6) is -1.02. The number of anilines is 1. The number of thioether (sulfide) groups is 1. The van der Waals surface area contributed by atoms with Gasteiger partial charge in [0.15, 0.2) is 10.4 Å². The van der Waals surface area contributed by atoms with Crippen LogP contribution in [0.15, 0.2) is 53.4 Å². The zero-order valence-electron chi connectivity index (χ0n) is 14.2. The molecule has 1 unspecified atom stereocenters. The number of para-hydroxylation sites is 1. The summed E-state index contributed by atoms with van der Waals surface area (Å²) in [5.41, 5.74) is 1.05. The second kappa shape index (κ2) is 7.81. The van der Waals surface area contributed by atoms with Crippen molar-refractivity contribution in [3.63, 3.8) is 0 Å². The largest absolute Gasteiger partial charge is 0.508 e. The molecule has 1 heterocycles. The van der Waals surface area contributed by atoms with Crippen LogP contribution in [0.1, 0.15) is 12.5 Å². The van der Waals surface area contributed by atoms with Gasteiger partial charge in [-0.3, -0.25) is 9.69 Å². The van der Waals surface area contributed by atoms with Gasteiger partial charge in [-0.15, -0.1) is 0 Å². The van der Waals surface area contributed by atoms with Crippen LogP contribution in [0.4, 0.5) is 5.69 Å². The molecule has 0 saturated carbocycles. The number of carbonyl (C=O) groups excluding carboxylic acids is 1. The molecule has 0 bridgehead atoms. The monoisotopic (exact) mass is 401 g/mol. The van der Waals surface area contributed by atoms with Gasteiger partial charge in [0.25, 0.3) is 5.91 Å². The van der Waals surface area contributed by atoms with Gasteiger partial charge in [0.05, 0.1) is 10.6 Å². The number of nitrogens with zero attached hydrogens (tertiary/aromatic N) is 1. The summed E-state index contributed by atoms with van der Waals surface area (Å²) in [6.45, 7) is 1.43. The fourth-order valence-electron chi connectivity index (χ4n) is 2.41. The Labute approximate surface area is 165 Å². The van der Waals surface area contributed by atoms with Crippen LogP contribution in [0, 0.1) is 0 Å². The Balaban J connectivity index is 1.92. The maximum Gasteiger partial charge on any atom is 0.344 e. The average Bonchev–Trinajstić information content (AvgIpc) is 2.90. The van der Waals surface area contributed by atoms with Crippen LogP contribution in [-0.2, 0) is 9.59 Å². The summed E-state index contributed by atoms with van der Waals surface area (Å²) >= 11 is 6.44. The highest BCUT2D eigenvalue weighted by Crippen LogP contribution is 2.37. The van der Waals surface area contributed by atoms with E-state index in [2.05, 4.69) is 0 Å². The van der Waals surface area contributed by atoms with Gasteiger partial charge in [-0.1, -0.05) is 48.2 Å². The number of amides is 1. The zero-order chi connectivity index (χ0) is 19.6. The highest BCUT2D eigenvalue weighted by atomic mass is 32.2. The number of hydrogen-bond donors (Lipinski definition) is 2. The van der Waals surface area contributed by atoms with Gasteiger partial charge >= 0.3 is 5.97 Å². The molecule has 1 aliphatic rings. The van der Waals surface area contributed by atoms with Gasteiger partial charge in [0.1, 0.15) is 11.5 Å². The van der Waals surface area contributed by atoms with Crippen molar-refractivity contribution in [2.24, 2.45) is 0 Å². The molecule has 0 spiro atoms. The molecule has 0 aliphatic carbocycles. The van der Waals surface area contributed by atoms with Crippen LogP contribution in [0.25, 0.3) is 6.08 Å². The van der Waals surface area contributed by atoms with E-state index in [1.54, 1.807) is 42.5 Å². The Bertz CT molecular complexity index is 957. The second-order valence-electron chi connectivity index (χ2n) is 5.67. The normalized spacial score (nSPS) is 16.6. The molecule has 0 aromatic heterocycles. The van der Waals surface area contributed by atoms with Crippen molar-refractivity contribution < 1.29 is 24.5 Å². The van der Waals surface area contributed by atoms with E-state index in [-0.39, 0.29) is 11.7 Å². The highest BCUT2D eigenvalue weighted by Gasteiger charge is 2.33. The third kappa shape index (κ3) is 4.12. The molecule has 1 fully saturated rings. The first-order valence-electron chi connectivity index (χ1n) is 7.92. The van der Waals surface area contributed by atoms with Crippen molar-refractivity contribution in [1.82, 2.24) is 0 Å². The third-order valence-electron chi connectivity index (χ3n) is 3.74. The van der Waals surface area contributed by atoms with Crippen LogP contribution in [0.2, 0.25) is 0 Å². The summed E-state index contributed by atoms with van der Waals surface area (Å²) in [7, 11) is 0. The minimum atomic E-state index is -1.08. The van der Waals surface area contributed by atoms with Gasteiger partial charge in [0, 0.05) is 11.6 Å². The lowest BCUT2D eigenvalue weighted by molar-refractivity contribution is -0.144. The van der Waals surface area contributed by atoms with Crippen LogP contribution in [0.5, 0.6) is 11.5 Å². The van der Waals surface area contributed by atoms with Crippen molar-refractivity contribution in [2.45, 2.75) is 13.0 Å². The molecule has 2 N–H and O–H groups in total. The number of phenolic OH excluding ortho intramolecular Hbond substituents is 1. The van der Waals surface area contributed by atoms with E-state index in [0.29, 0.717) is 26.2 Å². The lowest BCUT2D eigenvalue weighted by Crippen LogP contribution is -2.27. The number of hydrogen-bond acceptors (Lipinski definition) is 6. The first-order valence-corrected chi connectivity index (χ1v) is 9.15. The lowest BCUT2D eigenvalue weighted by atomic mass is 10.1. The van der Waals surface area contributed by atoms with Crippen molar-refractivity contribution in [3.05, 3.63) is 59.0 Å². The number of phenols is 1. The van der Waals surface area contributed by atoms with Crippen LogP contribution in [-0.4, -0.2) is 32.5 Å². The van der Waals surface area contributed by atoms with Crippen molar-refractivity contribution in [2.75, 3.05) is 4.90 Å². The van der Waals surface area contributed by atoms with Crippen LogP contribution in [0.3, 0.4) is 0 Å². The smallest absolute Gasteiger partial charge is 0.344 e. The van der Waals surface area contributed by atoms with Gasteiger partial charge in [-0.05, 0) is 31.2 Å². The first kappa shape index (κ1) is 18.9. The van der Waals surface area contributed by atoms with Crippen molar-refractivity contribution in [3.8, 4) is 11.5 Å². The predicted molar refractivity (Wildman–Crippen MR) is 108 cm³/mol. The average molecular weight is 401 g/mol. The van der Waals surface area contributed by atoms with E-state index in [1.807, 2.05) is 0 Å². The summed E-state index contributed by atoms with van der Waals surface area (Å²) in [6, 6.07) is 13.1. The van der Waals surface area contributed by atoms with E-state index in [0.717, 1.165) is 11.8 Å². The number of ether oxygens (including phenoxy) is 1. The molecule has 8 heteroatoms.